The van der Waals surface area contributed by atoms with Crippen molar-refractivity contribution in [2.24, 2.45) is 27.8 Å². The number of hydrazone groups is 1. The number of para-hydroxylation sites is 1. The van der Waals surface area contributed by atoms with E-state index >= 15 is 0 Å². The van der Waals surface area contributed by atoms with Crippen molar-refractivity contribution in [2.45, 2.75) is 19.5 Å². The minimum atomic E-state index is -4.98. The topological polar surface area (TPSA) is 59.0 Å². The number of anilines is 1. The second kappa shape index (κ2) is 5.43. The first kappa shape index (κ1) is 17.8. The second-order valence-corrected chi connectivity index (χ2v) is 7.08. The van der Waals surface area contributed by atoms with E-state index < -0.39 is 40.7 Å². The molecule has 2 bridgehead atoms. The first-order valence-electron chi connectivity index (χ1n) is 8.51. The van der Waals surface area contributed by atoms with Crippen LogP contribution in [0.4, 0.5) is 18.9 Å². The molecular formula is C19H17F3N2O3. The number of carbonyl (C=O) groups is 2. The van der Waals surface area contributed by atoms with Gasteiger partial charge in [0.2, 0.25) is 0 Å². The highest BCUT2D eigenvalue weighted by molar-refractivity contribution is 6.22. The van der Waals surface area contributed by atoms with E-state index in [-0.39, 0.29) is 12.1 Å². The summed E-state index contributed by atoms with van der Waals surface area (Å²) in [5.41, 5.74) is -4.78. The van der Waals surface area contributed by atoms with Crippen LogP contribution >= 0.6 is 0 Å². The molecular weight excluding hydrogens is 361 g/mol. The Morgan fingerprint density at radius 1 is 1.22 bits per heavy atom. The molecule has 0 aromatic heterocycles. The minimum absolute atomic E-state index is 0.0177. The molecule has 142 valence electrons. The molecule has 1 fully saturated rings. The van der Waals surface area contributed by atoms with Gasteiger partial charge in [-0.3, -0.25) is 9.59 Å². The molecule has 3 aliphatic rings. The van der Waals surface area contributed by atoms with Gasteiger partial charge in [0.1, 0.15) is 5.41 Å². The van der Waals surface area contributed by atoms with E-state index in [1.165, 1.54) is 13.0 Å². The predicted molar refractivity (Wildman–Crippen MR) is 90.7 cm³/mol. The van der Waals surface area contributed by atoms with E-state index in [2.05, 4.69) is 9.84 Å². The fraction of sp³-hybridized carbons (Fsp3) is 0.421. The summed E-state index contributed by atoms with van der Waals surface area (Å²) in [6, 6.07) is 8.23. The molecule has 1 spiro atoms. The van der Waals surface area contributed by atoms with Gasteiger partial charge < -0.3 is 4.74 Å². The van der Waals surface area contributed by atoms with E-state index in [0.717, 1.165) is 12.1 Å². The van der Waals surface area contributed by atoms with Gasteiger partial charge in [-0.25, -0.2) is 0 Å². The third-order valence-corrected chi connectivity index (χ3v) is 6.12. The number of halogens is 3. The minimum Gasteiger partial charge on any atom is -0.468 e. The monoisotopic (exact) mass is 378 g/mol. The maximum absolute atomic E-state index is 14.5. The number of ether oxygens (including phenoxy) is 1. The number of alkyl halides is 3. The van der Waals surface area contributed by atoms with Gasteiger partial charge in [0.05, 0.1) is 18.5 Å². The number of fused-ring (bicyclic) bond motifs is 3. The molecule has 1 aromatic rings. The normalized spacial score (nSPS) is 34.5. The van der Waals surface area contributed by atoms with Gasteiger partial charge in [-0.2, -0.15) is 23.3 Å². The van der Waals surface area contributed by atoms with Crippen molar-refractivity contribution in [3.05, 3.63) is 42.5 Å². The fourth-order valence-electron chi connectivity index (χ4n) is 5.17. The summed E-state index contributed by atoms with van der Waals surface area (Å²) in [6.45, 7) is 1.39. The van der Waals surface area contributed by atoms with Gasteiger partial charge in [-0.05, 0) is 31.4 Å². The lowest BCUT2D eigenvalue weighted by Gasteiger charge is -2.46. The van der Waals surface area contributed by atoms with Crippen LogP contribution in [0.2, 0.25) is 0 Å². The highest BCUT2D eigenvalue weighted by atomic mass is 19.4. The van der Waals surface area contributed by atoms with E-state index in [1.807, 2.05) is 0 Å². The van der Waals surface area contributed by atoms with Gasteiger partial charge in [-0.15, -0.1) is 0 Å². The standard InChI is InChI=1S/C19H17F3N2O3/c1-11-17(15(25)24(23-11)14-6-4-3-5-7-14)12-8-9-13(10-12)18(17,16(26)27-2)19(20,21)22/h3-9,12-13H,10H2,1-2H3/t12-,13-,17-,18-/m0/s1. The second-order valence-electron chi connectivity index (χ2n) is 7.08. The highest BCUT2D eigenvalue weighted by Crippen LogP contribution is 2.71. The number of carbonyl (C=O) groups excluding carboxylic acids is 2. The summed E-state index contributed by atoms with van der Waals surface area (Å²) in [5.74, 6) is -4.22. The first-order chi connectivity index (χ1) is 12.7. The number of hydrogen-bond acceptors (Lipinski definition) is 4. The van der Waals surface area contributed by atoms with Crippen LogP contribution in [0.25, 0.3) is 0 Å². The number of hydrogen-bond donors (Lipinski definition) is 0. The van der Waals surface area contributed by atoms with Crippen LogP contribution < -0.4 is 5.01 Å². The third kappa shape index (κ3) is 1.83. The van der Waals surface area contributed by atoms with Crippen molar-refractivity contribution in [3.63, 3.8) is 0 Å². The molecule has 1 aromatic carbocycles. The van der Waals surface area contributed by atoms with Crippen LogP contribution in [0.15, 0.2) is 47.6 Å². The molecule has 1 aliphatic heterocycles. The van der Waals surface area contributed by atoms with Gasteiger partial charge in [0.15, 0.2) is 5.41 Å². The van der Waals surface area contributed by atoms with Crippen molar-refractivity contribution in [2.75, 3.05) is 12.1 Å². The number of benzene rings is 1. The van der Waals surface area contributed by atoms with Crippen molar-refractivity contribution in [3.8, 4) is 0 Å². The van der Waals surface area contributed by atoms with Crippen molar-refractivity contribution in [1.29, 1.82) is 0 Å². The molecule has 2 aliphatic carbocycles. The third-order valence-electron chi connectivity index (χ3n) is 6.12. The Morgan fingerprint density at radius 3 is 2.44 bits per heavy atom. The van der Waals surface area contributed by atoms with Gasteiger partial charge in [-0.1, -0.05) is 30.4 Å². The number of methoxy groups -OCH3 is 1. The lowest BCUT2D eigenvalue weighted by molar-refractivity contribution is -0.258. The SMILES string of the molecule is COC(=O)[C@@]1(C(F)(F)F)[C@H]2C=C[C@@H](C2)[C@@]12C(=O)N(c1ccccc1)N=C2C. The maximum atomic E-state index is 14.5. The van der Waals surface area contributed by atoms with E-state index in [9.17, 15) is 22.8 Å². The summed E-state index contributed by atoms with van der Waals surface area (Å²) in [5, 5.41) is 5.16. The smallest absolute Gasteiger partial charge is 0.406 e. The molecule has 1 amide bonds. The summed E-state index contributed by atoms with van der Waals surface area (Å²) < 4.78 is 48.2. The van der Waals surface area contributed by atoms with Crippen LogP contribution in [0.3, 0.4) is 0 Å². The van der Waals surface area contributed by atoms with Crippen LogP contribution in [0.5, 0.6) is 0 Å². The zero-order valence-electron chi connectivity index (χ0n) is 14.7. The average molecular weight is 378 g/mol. The van der Waals surface area contributed by atoms with Crippen LogP contribution in [0, 0.1) is 22.7 Å². The molecule has 1 saturated carbocycles. The number of nitrogens with zero attached hydrogens (tertiary/aromatic N) is 2. The van der Waals surface area contributed by atoms with Crippen molar-refractivity contribution >= 4 is 23.3 Å². The molecule has 0 saturated heterocycles. The molecule has 4 rings (SSSR count). The van der Waals surface area contributed by atoms with Crippen molar-refractivity contribution < 1.29 is 27.5 Å². The van der Waals surface area contributed by atoms with Gasteiger partial charge in [0.25, 0.3) is 5.91 Å². The predicted octanol–water partition coefficient (Wildman–Crippen LogP) is 3.32. The Kier molecular flexibility index (Phi) is 3.57. The van der Waals surface area contributed by atoms with Crippen LogP contribution in [-0.2, 0) is 14.3 Å². The zero-order chi connectivity index (χ0) is 19.6. The molecule has 0 radical (unpaired) electrons. The maximum Gasteiger partial charge on any atom is 0.406 e. The lowest BCUT2D eigenvalue weighted by atomic mass is 9.55. The van der Waals surface area contributed by atoms with E-state index in [0.29, 0.717) is 5.69 Å². The Morgan fingerprint density at radius 2 is 1.85 bits per heavy atom. The highest BCUT2D eigenvalue weighted by Gasteiger charge is 2.86. The largest absolute Gasteiger partial charge is 0.468 e. The Labute approximate surface area is 153 Å². The molecule has 0 N–H and O–H groups in total. The van der Waals surface area contributed by atoms with E-state index in [4.69, 9.17) is 0 Å². The van der Waals surface area contributed by atoms with Crippen molar-refractivity contribution in [1.82, 2.24) is 0 Å². The molecule has 4 atom stereocenters. The Balaban J connectivity index is 1.98. The molecule has 8 heteroatoms. The molecule has 0 unspecified atom stereocenters. The zero-order valence-corrected chi connectivity index (χ0v) is 14.7. The summed E-state index contributed by atoms with van der Waals surface area (Å²) in [7, 11) is 0.917. The quantitative estimate of drug-likeness (QED) is 0.586. The number of amides is 1. The Bertz CT molecular complexity index is 880. The summed E-state index contributed by atoms with van der Waals surface area (Å²) >= 11 is 0. The number of allylic oxidation sites excluding steroid dienone is 2. The average Bonchev–Trinajstić information content (AvgIpc) is 3.29. The van der Waals surface area contributed by atoms with Crippen LogP contribution in [-0.4, -0.2) is 30.9 Å². The number of rotatable bonds is 2. The van der Waals surface area contributed by atoms with Gasteiger partial charge in [0, 0.05) is 5.92 Å². The summed E-state index contributed by atoms with van der Waals surface area (Å²) in [6.07, 6.45) is -1.95. The van der Waals surface area contributed by atoms with E-state index in [1.54, 1.807) is 36.4 Å². The van der Waals surface area contributed by atoms with Gasteiger partial charge >= 0.3 is 12.1 Å². The molecule has 1 heterocycles. The fourth-order valence-corrected chi connectivity index (χ4v) is 5.17. The molecule has 27 heavy (non-hydrogen) atoms. The Hall–Kier alpha value is -2.64. The number of esters is 1. The summed E-state index contributed by atoms with van der Waals surface area (Å²) in [4.78, 5) is 26.1. The van der Waals surface area contributed by atoms with Crippen LogP contribution in [0.1, 0.15) is 13.3 Å². The molecule has 5 nitrogen and oxygen atoms in total. The first-order valence-corrected chi connectivity index (χ1v) is 8.51. The lowest BCUT2D eigenvalue weighted by Crippen LogP contribution is -2.65.